The number of sulfonamides is 1. The van der Waals surface area contributed by atoms with Crippen molar-refractivity contribution in [3.63, 3.8) is 0 Å². The third-order valence-corrected chi connectivity index (χ3v) is 6.30. The zero-order valence-corrected chi connectivity index (χ0v) is 18.5. The van der Waals surface area contributed by atoms with E-state index < -0.39 is 57.8 Å². The Morgan fingerprint density at radius 3 is 2.82 bits per heavy atom. The minimum atomic E-state index is -4.79. The van der Waals surface area contributed by atoms with Crippen LogP contribution < -0.4 is 18.9 Å². The van der Waals surface area contributed by atoms with E-state index in [4.69, 9.17) is 22.4 Å². The summed E-state index contributed by atoms with van der Waals surface area (Å²) in [7, 11) is -10.7. The number of pyridine rings is 1. The van der Waals surface area contributed by atoms with Crippen LogP contribution in [0.4, 0.5) is 0 Å². The summed E-state index contributed by atoms with van der Waals surface area (Å²) < 4.78 is 90.4. The standard InChI is InChI=1S/C22H24N4O6S/c1-22(2)12-14-7-9-17(30-3)19(18(14)32-22)33(28,29)25-20(27)16-8-6-15(21(24-16)31-4)13-26-11-5-10-23-26/h5-11H,12-13H2,1-4H3,(H,25,27)/i3D3,4D3. The smallest absolute Gasteiger partial charge is 0.283 e. The SMILES string of the molecule is [2H]C([2H])([2H])Oc1ccc2c(c1S(=O)(=O)NC(=O)c1ccc(Cn3cccn3)c(OC([2H])([2H])[2H])n1)OC(C)(C)C2. The average molecular weight is 479 g/mol. The van der Waals surface area contributed by atoms with Crippen LogP contribution in [0.5, 0.6) is 17.4 Å². The molecule has 1 N–H and O–H groups in total. The number of rotatable bonds is 7. The summed E-state index contributed by atoms with van der Waals surface area (Å²) in [6.07, 6.45) is 3.45. The van der Waals surface area contributed by atoms with Gasteiger partial charge in [0.15, 0.2) is 4.90 Å². The van der Waals surface area contributed by atoms with Crippen molar-refractivity contribution in [3.8, 4) is 17.4 Å². The molecular formula is C22H24N4O6S. The van der Waals surface area contributed by atoms with Gasteiger partial charge in [0.25, 0.3) is 15.9 Å². The number of amides is 1. The molecular weight excluding hydrogens is 448 g/mol. The van der Waals surface area contributed by atoms with Gasteiger partial charge in [-0.15, -0.1) is 0 Å². The van der Waals surface area contributed by atoms with Gasteiger partial charge in [-0.2, -0.15) is 5.10 Å². The summed E-state index contributed by atoms with van der Waals surface area (Å²) in [6, 6.07) is 6.86. The highest BCUT2D eigenvalue weighted by atomic mass is 32.2. The van der Waals surface area contributed by atoms with Crippen LogP contribution in [0.15, 0.2) is 47.6 Å². The molecule has 0 radical (unpaired) electrons. The highest BCUT2D eigenvalue weighted by Crippen LogP contribution is 2.44. The molecule has 11 heteroatoms. The molecule has 1 amide bonds. The monoisotopic (exact) mass is 478 g/mol. The normalized spacial score (nSPS) is 17.8. The van der Waals surface area contributed by atoms with E-state index in [9.17, 15) is 13.2 Å². The Hall–Kier alpha value is -3.60. The van der Waals surface area contributed by atoms with Crippen molar-refractivity contribution in [1.29, 1.82) is 0 Å². The fraction of sp³-hybridized carbons (Fsp3) is 0.318. The zero-order chi connectivity index (χ0) is 28.8. The topological polar surface area (TPSA) is 122 Å². The quantitative estimate of drug-likeness (QED) is 0.548. The van der Waals surface area contributed by atoms with Gasteiger partial charge in [-0.05, 0) is 43.7 Å². The average Bonchev–Trinajstić information content (AvgIpc) is 3.38. The second-order valence-electron chi connectivity index (χ2n) is 7.92. The molecule has 1 aromatic carbocycles. The number of methoxy groups -OCH3 is 2. The number of benzene rings is 1. The molecule has 1 aliphatic heterocycles. The minimum Gasteiger partial charge on any atom is -0.495 e. The summed E-state index contributed by atoms with van der Waals surface area (Å²) in [6.45, 7) is 3.49. The maximum Gasteiger partial charge on any atom is 0.283 e. The van der Waals surface area contributed by atoms with Crippen LogP contribution in [-0.2, 0) is 23.0 Å². The Kier molecular flexibility index (Phi) is 4.09. The predicted molar refractivity (Wildman–Crippen MR) is 118 cm³/mol. The number of ether oxygens (including phenoxy) is 3. The maximum absolute atomic E-state index is 13.4. The molecule has 174 valence electrons. The summed E-state index contributed by atoms with van der Waals surface area (Å²) in [5.41, 5.74) is -0.545. The molecule has 0 unspecified atom stereocenters. The van der Waals surface area contributed by atoms with Gasteiger partial charge in [0.2, 0.25) is 5.88 Å². The fourth-order valence-electron chi connectivity index (χ4n) is 3.54. The first kappa shape index (κ1) is 16.1. The third kappa shape index (κ3) is 4.49. The predicted octanol–water partition coefficient (Wildman–Crippen LogP) is 2.18. The van der Waals surface area contributed by atoms with Crippen molar-refractivity contribution < 1.29 is 35.6 Å². The highest BCUT2D eigenvalue weighted by molar-refractivity contribution is 7.90. The molecule has 4 rings (SSSR count). The fourth-order valence-corrected chi connectivity index (χ4v) is 4.78. The van der Waals surface area contributed by atoms with Gasteiger partial charge in [-0.3, -0.25) is 9.48 Å². The van der Waals surface area contributed by atoms with Crippen LogP contribution in [-0.4, -0.2) is 48.8 Å². The van der Waals surface area contributed by atoms with Crippen LogP contribution in [0, 0.1) is 0 Å². The molecule has 1 aliphatic rings. The second-order valence-corrected chi connectivity index (χ2v) is 9.54. The number of hydrogen-bond donors (Lipinski definition) is 1. The van der Waals surface area contributed by atoms with Gasteiger partial charge >= 0.3 is 0 Å². The van der Waals surface area contributed by atoms with Gasteiger partial charge in [0.1, 0.15) is 22.8 Å². The maximum atomic E-state index is 13.4. The molecule has 2 aromatic heterocycles. The van der Waals surface area contributed by atoms with E-state index in [0.717, 1.165) is 0 Å². The number of nitrogens with one attached hydrogen (secondary N) is 1. The van der Waals surface area contributed by atoms with Crippen LogP contribution >= 0.6 is 0 Å². The molecule has 0 saturated heterocycles. The number of fused-ring (bicyclic) bond motifs is 1. The van der Waals surface area contributed by atoms with Crippen molar-refractivity contribution >= 4 is 15.9 Å². The van der Waals surface area contributed by atoms with Crippen LogP contribution in [0.25, 0.3) is 0 Å². The molecule has 3 aromatic rings. The largest absolute Gasteiger partial charge is 0.495 e. The van der Waals surface area contributed by atoms with Gasteiger partial charge in [-0.25, -0.2) is 18.1 Å². The Morgan fingerprint density at radius 1 is 1.27 bits per heavy atom. The van der Waals surface area contributed by atoms with Crippen molar-refractivity contribution in [1.82, 2.24) is 19.5 Å². The zero-order valence-electron chi connectivity index (χ0n) is 23.7. The first-order valence-corrected chi connectivity index (χ1v) is 11.2. The lowest BCUT2D eigenvalue weighted by Gasteiger charge is -2.19. The van der Waals surface area contributed by atoms with Crippen LogP contribution in [0.2, 0.25) is 0 Å². The van der Waals surface area contributed by atoms with E-state index in [-0.39, 0.29) is 17.9 Å². The van der Waals surface area contributed by atoms with Crippen molar-refractivity contribution in [3.05, 3.63) is 59.5 Å². The van der Waals surface area contributed by atoms with E-state index in [1.54, 1.807) is 26.1 Å². The second kappa shape index (κ2) is 8.39. The van der Waals surface area contributed by atoms with Gasteiger partial charge in [0.05, 0.1) is 28.8 Å². The first-order chi connectivity index (χ1) is 17.9. The Balaban J connectivity index is 1.70. The summed E-state index contributed by atoms with van der Waals surface area (Å²) in [4.78, 5) is 16.3. The molecule has 0 atom stereocenters. The minimum absolute atomic E-state index is 0.0602. The first-order valence-electron chi connectivity index (χ1n) is 12.7. The molecule has 0 saturated carbocycles. The van der Waals surface area contributed by atoms with E-state index in [2.05, 4.69) is 10.1 Å². The van der Waals surface area contributed by atoms with Crippen molar-refractivity contribution in [2.45, 2.75) is 37.3 Å². The van der Waals surface area contributed by atoms with E-state index in [1.807, 2.05) is 4.72 Å². The van der Waals surface area contributed by atoms with Gasteiger partial charge in [0, 0.05) is 24.4 Å². The lowest BCUT2D eigenvalue weighted by atomic mass is 10.0. The number of aromatic nitrogens is 3. The summed E-state index contributed by atoms with van der Waals surface area (Å²) >= 11 is 0. The summed E-state index contributed by atoms with van der Waals surface area (Å²) in [5.74, 6) is -2.34. The third-order valence-electron chi connectivity index (χ3n) is 4.92. The Bertz CT molecular complexity index is 1500. The van der Waals surface area contributed by atoms with Crippen molar-refractivity contribution in [2.75, 3.05) is 14.1 Å². The number of hydrogen-bond acceptors (Lipinski definition) is 8. The Labute approximate surface area is 200 Å². The summed E-state index contributed by atoms with van der Waals surface area (Å²) in [5, 5.41) is 4.03. The molecule has 3 heterocycles. The van der Waals surface area contributed by atoms with E-state index in [0.29, 0.717) is 12.0 Å². The molecule has 33 heavy (non-hydrogen) atoms. The van der Waals surface area contributed by atoms with Crippen molar-refractivity contribution in [2.24, 2.45) is 0 Å². The molecule has 0 spiro atoms. The van der Waals surface area contributed by atoms with E-state index >= 15 is 0 Å². The Morgan fingerprint density at radius 2 is 2.09 bits per heavy atom. The van der Waals surface area contributed by atoms with Gasteiger partial charge in [-0.1, -0.05) is 6.07 Å². The lowest BCUT2D eigenvalue weighted by molar-refractivity contribution is 0.0975. The highest BCUT2D eigenvalue weighted by Gasteiger charge is 2.38. The lowest BCUT2D eigenvalue weighted by Crippen LogP contribution is -2.32. The van der Waals surface area contributed by atoms with E-state index in [1.165, 1.54) is 35.1 Å². The molecule has 0 bridgehead atoms. The van der Waals surface area contributed by atoms with Gasteiger partial charge < -0.3 is 14.2 Å². The van der Waals surface area contributed by atoms with Crippen LogP contribution in [0.3, 0.4) is 0 Å². The number of carbonyl (C=O) groups is 1. The van der Waals surface area contributed by atoms with Crippen LogP contribution in [0.1, 0.15) is 43.7 Å². The molecule has 0 fully saturated rings. The number of nitrogens with zero attached hydrogens (tertiary/aromatic N) is 3. The molecule has 0 aliphatic carbocycles. The molecule has 10 nitrogen and oxygen atoms in total. The number of carbonyl (C=O) groups excluding carboxylic acids is 1.